The van der Waals surface area contributed by atoms with E-state index in [1.54, 1.807) is 6.07 Å². The molecule has 0 bridgehead atoms. The molecule has 156 valence electrons. The predicted molar refractivity (Wildman–Crippen MR) is 112 cm³/mol. The van der Waals surface area contributed by atoms with Gasteiger partial charge in [-0.15, -0.1) is 5.10 Å². The van der Waals surface area contributed by atoms with E-state index < -0.39 is 11.5 Å². The van der Waals surface area contributed by atoms with Crippen LogP contribution in [0.3, 0.4) is 0 Å². The minimum atomic E-state index is -0.483. The fraction of sp³-hybridized carbons (Fsp3) is 0.400. The van der Waals surface area contributed by atoms with E-state index in [1.807, 2.05) is 12.1 Å². The summed E-state index contributed by atoms with van der Waals surface area (Å²) in [7, 11) is 0. The first kappa shape index (κ1) is 18.9. The Hall–Kier alpha value is -3.14. The first-order chi connectivity index (χ1) is 14.7. The molecule has 1 saturated heterocycles. The summed E-state index contributed by atoms with van der Waals surface area (Å²) in [5.41, 5.74) is 0.361. The molecule has 1 N–H and O–H groups in total. The average Bonchev–Trinajstić information content (AvgIpc) is 3.32. The Labute approximate surface area is 176 Å². The number of rotatable bonds is 4. The lowest BCUT2D eigenvalue weighted by Crippen LogP contribution is -2.31. The Kier molecular flexibility index (Phi) is 4.99. The van der Waals surface area contributed by atoms with E-state index in [4.69, 9.17) is 9.47 Å². The van der Waals surface area contributed by atoms with Gasteiger partial charge in [-0.1, -0.05) is 30.2 Å². The summed E-state index contributed by atoms with van der Waals surface area (Å²) >= 11 is 1.38. The smallest absolute Gasteiger partial charge is 0.288 e. The van der Waals surface area contributed by atoms with Gasteiger partial charge in [-0.25, -0.2) is 4.98 Å². The molecular weight excluding hydrogens is 406 g/mol. The van der Waals surface area contributed by atoms with Gasteiger partial charge in [0.05, 0.1) is 0 Å². The molecule has 2 aliphatic heterocycles. The summed E-state index contributed by atoms with van der Waals surface area (Å²) in [4.78, 5) is 32.5. The van der Waals surface area contributed by atoms with Crippen LogP contribution in [0.5, 0.6) is 11.5 Å². The van der Waals surface area contributed by atoms with Crippen LogP contribution in [0.15, 0.2) is 29.2 Å². The highest BCUT2D eigenvalue weighted by Gasteiger charge is 2.20. The Bertz CT molecular complexity index is 1150. The number of nitrogens with zero attached hydrogens (tertiary/aromatic N) is 4. The third-order valence-corrected chi connectivity index (χ3v) is 6.27. The van der Waals surface area contributed by atoms with Gasteiger partial charge in [0.15, 0.2) is 11.5 Å². The maximum Gasteiger partial charge on any atom is 0.288 e. The number of aromatic nitrogens is 3. The number of fused-ring (bicyclic) bond motifs is 2. The largest absolute Gasteiger partial charge is 0.454 e. The van der Waals surface area contributed by atoms with Gasteiger partial charge < -0.3 is 19.7 Å². The molecule has 0 spiro atoms. The number of carbonyl (C=O) groups excluding carboxylic acids is 1. The zero-order valence-electron chi connectivity index (χ0n) is 16.3. The minimum Gasteiger partial charge on any atom is -0.454 e. The van der Waals surface area contributed by atoms with Crippen LogP contribution < -0.4 is 25.2 Å². The van der Waals surface area contributed by atoms with Gasteiger partial charge in [0.2, 0.25) is 16.9 Å². The summed E-state index contributed by atoms with van der Waals surface area (Å²) in [6.45, 7) is 2.31. The molecule has 0 radical (unpaired) electrons. The maximum absolute atomic E-state index is 12.8. The molecule has 2 aliphatic rings. The molecule has 3 aromatic rings. The van der Waals surface area contributed by atoms with Crippen molar-refractivity contribution in [2.75, 3.05) is 24.8 Å². The Morgan fingerprint density at radius 3 is 2.77 bits per heavy atom. The molecule has 9 nitrogen and oxygen atoms in total. The summed E-state index contributed by atoms with van der Waals surface area (Å²) in [6.07, 6.45) is 6.00. The molecule has 0 atom stereocenters. The second-order valence-corrected chi connectivity index (χ2v) is 8.26. The molecule has 10 heteroatoms. The van der Waals surface area contributed by atoms with Crippen molar-refractivity contribution in [2.24, 2.45) is 0 Å². The average molecular weight is 427 g/mol. The highest BCUT2D eigenvalue weighted by molar-refractivity contribution is 7.20. The molecule has 5 rings (SSSR count). The van der Waals surface area contributed by atoms with Crippen molar-refractivity contribution in [3.05, 3.63) is 45.9 Å². The Morgan fingerprint density at radius 1 is 1.13 bits per heavy atom. The van der Waals surface area contributed by atoms with Crippen molar-refractivity contribution in [1.29, 1.82) is 0 Å². The Balaban J connectivity index is 1.34. The van der Waals surface area contributed by atoms with E-state index in [0.29, 0.717) is 16.5 Å². The van der Waals surface area contributed by atoms with Gasteiger partial charge in [0.1, 0.15) is 5.56 Å². The Morgan fingerprint density at radius 2 is 1.93 bits per heavy atom. The van der Waals surface area contributed by atoms with Crippen LogP contribution in [0, 0.1) is 0 Å². The normalized spacial score (nSPS) is 15.9. The molecule has 1 amide bonds. The van der Waals surface area contributed by atoms with Crippen molar-refractivity contribution in [3.63, 3.8) is 0 Å². The van der Waals surface area contributed by atoms with Crippen LogP contribution in [-0.2, 0) is 6.54 Å². The van der Waals surface area contributed by atoms with E-state index in [1.165, 1.54) is 34.9 Å². The first-order valence-electron chi connectivity index (χ1n) is 9.99. The molecule has 30 heavy (non-hydrogen) atoms. The fourth-order valence-corrected chi connectivity index (χ4v) is 4.56. The molecule has 1 aromatic carbocycles. The van der Waals surface area contributed by atoms with Crippen LogP contribution >= 0.6 is 11.3 Å². The van der Waals surface area contributed by atoms with Gasteiger partial charge in [-0.05, 0) is 30.5 Å². The van der Waals surface area contributed by atoms with E-state index in [0.717, 1.165) is 36.6 Å². The molecule has 1 fully saturated rings. The van der Waals surface area contributed by atoms with Gasteiger partial charge >= 0.3 is 0 Å². The van der Waals surface area contributed by atoms with Gasteiger partial charge in [-0.2, -0.15) is 4.52 Å². The number of ether oxygens (including phenoxy) is 2. The molecule has 0 aliphatic carbocycles. The number of amides is 1. The lowest BCUT2D eigenvalue weighted by atomic mass is 10.2. The van der Waals surface area contributed by atoms with E-state index in [9.17, 15) is 9.59 Å². The van der Waals surface area contributed by atoms with E-state index in [2.05, 4.69) is 20.3 Å². The zero-order chi connectivity index (χ0) is 20.5. The molecular formula is C20H21N5O4S. The standard InChI is InChI=1S/C20H21N5O4S/c26-17(21-10-13-5-6-15-16(9-13)29-12-28-15)14-11-22-19-25(18(14)27)23-20(30-19)24-7-3-1-2-4-8-24/h5-6,9,11H,1-4,7-8,10,12H2,(H,21,26). The van der Waals surface area contributed by atoms with Crippen LogP contribution in [0.4, 0.5) is 5.13 Å². The summed E-state index contributed by atoms with van der Waals surface area (Å²) in [5.74, 6) is 0.846. The lowest BCUT2D eigenvalue weighted by Gasteiger charge is -2.17. The number of benzene rings is 1. The van der Waals surface area contributed by atoms with Gasteiger partial charge in [0, 0.05) is 25.8 Å². The van der Waals surface area contributed by atoms with Crippen molar-refractivity contribution in [2.45, 2.75) is 32.2 Å². The highest BCUT2D eigenvalue weighted by atomic mass is 32.1. The van der Waals surface area contributed by atoms with Crippen LogP contribution in [0.25, 0.3) is 4.96 Å². The SMILES string of the molecule is O=C(NCc1ccc2c(c1)OCO2)c1cnc2sc(N3CCCCCC3)nn2c1=O. The third-order valence-electron chi connectivity index (χ3n) is 5.29. The lowest BCUT2D eigenvalue weighted by molar-refractivity contribution is 0.0948. The quantitative estimate of drug-likeness (QED) is 0.682. The van der Waals surface area contributed by atoms with Crippen LogP contribution in [-0.4, -0.2) is 40.4 Å². The highest BCUT2D eigenvalue weighted by Crippen LogP contribution is 2.32. The monoisotopic (exact) mass is 427 g/mol. The number of hydrogen-bond donors (Lipinski definition) is 1. The number of anilines is 1. The number of hydrogen-bond acceptors (Lipinski definition) is 8. The fourth-order valence-electron chi connectivity index (χ4n) is 3.65. The van der Waals surface area contributed by atoms with E-state index >= 15 is 0 Å². The van der Waals surface area contributed by atoms with Crippen LogP contribution in [0.2, 0.25) is 0 Å². The maximum atomic E-state index is 12.8. The third kappa shape index (κ3) is 3.58. The van der Waals surface area contributed by atoms with E-state index in [-0.39, 0.29) is 18.9 Å². The van der Waals surface area contributed by atoms with Crippen molar-refractivity contribution in [3.8, 4) is 11.5 Å². The second-order valence-electron chi connectivity index (χ2n) is 7.33. The van der Waals surface area contributed by atoms with Gasteiger partial charge in [-0.3, -0.25) is 9.59 Å². The summed E-state index contributed by atoms with van der Waals surface area (Å²) < 4.78 is 11.9. The summed E-state index contributed by atoms with van der Waals surface area (Å²) in [6, 6.07) is 5.45. The number of nitrogens with one attached hydrogen (secondary N) is 1. The van der Waals surface area contributed by atoms with Crippen molar-refractivity contribution < 1.29 is 14.3 Å². The molecule has 0 unspecified atom stereocenters. The summed E-state index contributed by atoms with van der Waals surface area (Å²) in [5, 5.41) is 8.00. The van der Waals surface area contributed by atoms with Crippen molar-refractivity contribution >= 4 is 27.3 Å². The van der Waals surface area contributed by atoms with Crippen molar-refractivity contribution in [1.82, 2.24) is 19.9 Å². The molecule has 2 aromatic heterocycles. The first-order valence-corrected chi connectivity index (χ1v) is 10.8. The minimum absolute atomic E-state index is 0.0269. The molecule has 0 saturated carbocycles. The number of carbonyl (C=O) groups is 1. The second kappa shape index (κ2) is 7.94. The zero-order valence-corrected chi connectivity index (χ0v) is 17.1. The topological polar surface area (TPSA) is 98.1 Å². The van der Waals surface area contributed by atoms with Crippen LogP contribution in [0.1, 0.15) is 41.6 Å². The predicted octanol–water partition coefficient (Wildman–Crippen LogP) is 2.19. The molecule has 4 heterocycles. The van der Waals surface area contributed by atoms with Gasteiger partial charge in [0.25, 0.3) is 11.5 Å².